The van der Waals surface area contributed by atoms with Crippen molar-refractivity contribution in [3.8, 4) is 11.5 Å². The third-order valence-electron chi connectivity index (χ3n) is 4.83. The van der Waals surface area contributed by atoms with E-state index < -0.39 is 32.9 Å². The SMILES string of the molecule is COc1cc(OC)c(NS(=O)(=O)c2cc(C(=O)OC(C)C(=O)NC3CC3)c(Cl)cc2Cl)cc1Cl. The van der Waals surface area contributed by atoms with Crippen molar-refractivity contribution in [2.75, 3.05) is 18.9 Å². The van der Waals surface area contributed by atoms with Crippen LogP contribution in [0, 0.1) is 0 Å². The molecule has 0 saturated heterocycles. The smallest absolute Gasteiger partial charge is 0.340 e. The number of halogens is 3. The Morgan fingerprint density at radius 3 is 2.21 bits per heavy atom. The third-order valence-corrected chi connectivity index (χ3v) is 7.26. The van der Waals surface area contributed by atoms with Crippen LogP contribution in [0.3, 0.4) is 0 Å². The molecule has 0 bridgehead atoms. The van der Waals surface area contributed by atoms with Gasteiger partial charge in [-0.3, -0.25) is 9.52 Å². The van der Waals surface area contributed by atoms with Gasteiger partial charge in [-0.2, -0.15) is 0 Å². The molecule has 1 aliphatic carbocycles. The van der Waals surface area contributed by atoms with Crippen molar-refractivity contribution in [2.45, 2.75) is 36.8 Å². The number of carbonyl (C=O) groups is 2. The first-order valence-electron chi connectivity index (χ1n) is 9.91. The normalized spacial score (nSPS) is 14.2. The zero-order valence-corrected chi connectivity index (χ0v) is 21.4. The van der Waals surface area contributed by atoms with Gasteiger partial charge in [-0.25, -0.2) is 13.2 Å². The van der Waals surface area contributed by atoms with E-state index in [0.717, 1.165) is 25.0 Å². The number of amides is 1. The van der Waals surface area contributed by atoms with Gasteiger partial charge in [0, 0.05) is 12.1 Å². The highest BCUT2D eigenvalue weighted by Crippen LogP contribution is 2.38. The Kier molecular flexibility index (Phi) is 8.07. The van der Waals surface area contributed by atoms with Crippen LogP contribution in [-0.4, -0.2) is 46.7 Å². The predicted octanol–water partition coefficient (Wildman–Crippen LogP) is 4.29. The average molecular weight is 552 g/mol. The predicted molar refractivity (Wildman–Crippen MR) is 128 cm³/mol. The molecule has 1 saturated carbocycles. The molecule has 0 heterocycles. The molecule has 0 aromatic heterocycles. The van der Waals surface area contributed by atoms with Gasteiger partial charge in [0.1, 0.15) is 16.4 Å². The second-order valence-corrected chi connectivity index (χ2v) is 10.3. The topological polar surface area (TPSA) is 120 Å². The molecule has 1 aliphatic rings. The highest BCUT2D eigenvalue weighted by atomic mass is 35.5. The first-order valence-corrected chi connectivity index (χ1v) is 12.5. The first-order chi connectivity index (χ1) is 16.0. The second-order valence-electron chi connectivity index (χ2n) is 7.39. The highest BCUT2D eigenvalue weighted by molar-refractivity contribution is 7.92. The summed E-state index contributed by atoms with van der Waals surface area (Å²) in [4.78, 5) is 24.3. The Bertz CT molecular complexity index is 1230. The second kappa shape index (κ2) is 10.5. The number of esters is 1. The van der Waals surface area contributed by atoms with Crippen molar-refractivity contribution in [3.05, 3.63) is 44.9 Å². The Hall–Kier alpha value is -2.40. The van der Waals surface area contributed by atoms with E-state index in [-0.39, 0.29) is 43.9 Å². The van der Waals surface area contributed by atoms with Crippen LogP contribution in [0.5, 0.6) is 11.5 Å². The van der Waals surface area contributed by atoms with Gasteiger partial charge >= 0.3 is 5.97 Å². The van der Waals surface area contributed by atoms with E-state index >= 15 is 0 Å². The molecule has 1 fully saturated rings. The third kappa shape index (κ3) is 5.99. The molecule has 34 heavy (non-hydrogen) atoms. The van der Waals surface area contributed by atoms with Gasteiger partial charge in [0.05, 0.1) is 40.5 Å². The fraction of sp³-hybridized carbons (Fsp3) is 0.333. The number of nitrogens with one attached hydrogen (secondary N) is 2. The molecule has 3 rings (SSSR count). The molecule has 0 aliphatic heterocycles. The van der Waals surface area contributed by atoms with E-state index in [9.17, 15) is 18.0 Å². The van der Waals surface area contributed by atoms with Crippen molar-refractivity contribution in [1.82, 2.24) is 5.32 Å². The fourth-order valence-electron chi connectivity index (χ4n) is 2.85. The number of hydrogen-bond donors (Lipinski definition) is 2. The van der Waals surface area contributed by atoms with Crippen molar-refractivity contribution < 1.29 is 32.2 Å². The standard InChI is InChI=1S/C21H21Cl3N2O7S/c1-10(20(27)25-11-4-5-11)33-21(28)12-6-19(15(24)7-13(12)22)34(29,30)26-16-8-14(23)17(31-2)9-18(16)32-3/h6-11,26H,4-5H2,1-3H3,(H,25,27). The summed E-state index contributed by atoms with van der Waals surface area (Å²) in [5.41, 5.74) is -0.272. The van der Waals surface area contributed by atoms with Crippen molar-refractivity contribution in [2.24, 2.45) is 0 Å². The van der Waals surface area contributed by atoms with E-state index in [0.29, 0.717) is 0 Å². The van der Waals surface area contributed by atoms with E-state index in [2.05, 4.69) is 10.0 Å². The van der Waals surface area contributed by atoms with Crippen LogP contribution in [0.4, 0.5) is 5.69 Å². The molecule has 1 amide bonds. The molecule has 1 atom stereocenters. The van der Waals surface area contributed by atoms with Gasteiger partial charge in [-0.15, -0.1) is 0 Å². The average Bonchev–Trinajstić information content (AvgIpc) is 3.57. The largest absolute Gasteiger partial charge is 0.495 e. The number of benzene rings is 2. The Morgan fingerprint density at radius 2 is 1.62 bits per heavy atom. The molecule has 13 heteroatoms. The molecular weight excluding hydrogens is 531 g/mol. The summed E-state index contributed by atoms with van der Waals surface area (Å²) >= 11 is 18.4. The minimum atomic E-state index is -4.35. The minimum Gasteiger partial charge on any atom is -0.495 e. The number of ether oxygens (including phenoxy) is 3. The minimum absolute atomic E-state index is 0.00816. The van der Waals surface area contributed by atoms with Crippen LogP contribution < -0.4 is 19.5 Å². The zero-order valence-electron chi connectivity index (χ0n) is 18.3. The number of carbonyl (C=O) groups excluding carboxylic acids is 2. The summed E-state index contributed by atoms with van der Waals surface area (Å²) in [5, 5.41) is 2.46. The van der Waals surface area contributed by atoms with Crippen molar-refractivity contribution in [1.29, 1.82) is 0 Å². The Labute approximate surface area is 211 Å². The highest BCUT2D eigenvalue weighted by Gasteiger charge is 2.29. The van der Waals surface area contributed by atoms with Crippen LogP contribution in [0.15, 0.2) is 29.2 Å². The quantitative estimate of drug-likeness (QED) is 0.446. The van der Waals surface area contributed by atoms with Gasteiger partial charge in [0.25, 0.3) is 15.9 Å². The molecule has 9 nitrogen and oxygen atoms in total. The van der Waals surface area contributed by atoms with Crippen LogP contribution >= 0.6 is 34.8 Å². The zero-order chi connectivity index (χ0) is 25.2. The van der Waals surface area contributed by atoms with E-state index in [1.807, 2.05) is 0 Å². The van der Waals surface area contributed by atoms with Gasteiger partial charge < -0.3 is 19.5 Å². The molecule has 2 aromatic carbocycles. The first kappa shape index (κ1) is 26.2. The van der Waals surface area contributed by atoms with Crippen LogP contribution in [0.25, 0.3) is 0 Å². The summed E-state index contributed by atoms with van der Waals surface area (Å²) in [7, 11) is -1.61. The van der Waals surface area contributed by atoms with Crippen LogP contribution in [0.2, 0.25) is 15.1 Å². The molecule has 2 N–H and O–H groups in total. The van der Waals surface area contributed by atoms with Crippen LogP contribution in [-0.2, 0) is 19.6 Å². The lowest BCUT2D eigenvalue weighted by atomic mass is 10.2. The van der Waals surface area contributed by atoms with Gasteiger partial charge in [0.2, 0.25) is 0 Å². The van der Waals surface area contributed by atoms with Crippen molar-refractivity contribution >= 4 is 62.4 Å². The van der Waals surface area contributed by atoms with Gasteiger partial charge in [-0.1, -0.05) is 34.8 Å². The maximum atomic E-state index is 13.1. The summed E-state index contributed by atoms with van der Waals surface area (Å²) in [6.45, 7) is 1.40. The van der Waals surface area contributed by atoms with Crippen LogP contribution in [0.1, 0.15) is 30.1 Å². The summed E-state index contributed by atoms with van der Waals surface area (Å²) < 4.78 is 44.0. The van der Waals surface area contributed by atoms with Crippen molar-refractivity contribution in [3.63, 3.8) is 0 Å². The number of rotatable bonds is 9. The lowest BCUT2D eigenvalue weighted by Crippen LogP contribution is -2.37. The van der Waals surface area contributed by atoms with E-state index in [4.69, 9.17) is 49.0 Å². The molecule has 0 spiro atoms. The summed E-state index contributed by atoms with van der Waals surface area (Å²) in [6, 6.07) is 4.86. The lowest BCUT2D eigenvalue weighted by molar-refractivity contribution is -0.129. The number of anilines is 1. The van der Waals surface area contributed by atoms with E-state index in [1.54, 1.807) is 0 Å². The molecular formula is C21H21Cl3N2O7S. The Morgan fingerprint density at radius 1 is 0.971 bits per heavy atom. The van der Waals surface area contributed by atoms with Gasteiger partial charge in [-0.05, 0) is 38.0 Å². The lowest BCUT2D eigenvalue weighted by Gasteiger charge is -2.16. The molecule has 2 aromatic rings. The van der Waals surface area contributed by atoms with E-state index in [1.165, 1.54) is 33.3 Å². The molecule has 1 unspecified atom stereocenters. The maximum absolute atomic E-state index is 13.1. The summed E-state index contributed by atoms with van der Waals surface area (Å²) in [5.74, 6) is -1.04. The molecule has 0 radical (unpaired) electrons. The molecule has 184 valence electrons. The fourth-order valence-corrected chi connectivity index (χ4v) is 5.01. The van der Waals surface area contributed by atoms with Gasteiger partial charge in [0.15, 0.2) is 6.10 Å². The summed E-state index contributed by atoms with van der Waals surface area (Å²) in [6.07, 6.45) is 0.630. The number of sulfonamides is 1. The maximum Gasteiger partial charge on any atom is 0.340 e. The Balaban J connectivity index is 1.89. The number of methoxy groups -OCH3 is 2. The number of hydrogen-bond acceptors (Lipinski definition) is 7. The monoisotopic (exact) mass is 550 g/mol.